The van der Waals surface area contributed by atoms with Crippen molar-refractivity contribution in [2.24, 2.45) is 0 Å². The fourth-order valence-corrected chi connectivity index (χ4v) is 2.64. The van der Waals surface area contributed by atoms with Gasteiger partial charge in [0.2, 0.25) is 0 Å². The van der Waals surface area contributed by atoms with Crippen LogP contribution in [0.5, 0.6) is 0 Å². The molecule has 1 aliphatic heterocycles. The highest BCUT2D eigenvalue weighted by Crippen LogP contribution is 2.23. The SMILES string of the molecule is COCCNCCc1c(C)nn(C2CCOC2)c1C. The van der Waals surface area contributed by atoms with Gasteiger partial charge in [-0.05, 0) is 38.8 Å². The molecule has 0 amide bonds. The topological polar surface area (TPSA) is 48.3 Å². The van der Waals surface area contributed by atoms with E-state index in [2.05, 4.69) is 23.8 Å². The van der Waals surface area contributed by atoms with Gasteiger partial charge in [-0.3, -0.25) is 4.68 Å². The summed E-state index contributed by atoms with van der Waals surface area (Å²) in [6, 6.07) is 0.425. The average Bonchev–Trinajstić information content (AvgIpc) is 3.00. The monoisotopic (exact) mass is 267 g/mol. The molecule has 5 nitrogen and oxygen atoms in total. The molecule has 0 aromatic carbocycles. The molecule has 1 fully saturated rings. The normalized spacial score (nSPS) is 19.2. The minimum atomic E-state index is 0.425. The van der Waals surface area contributed by atoms with Crippen molar-refractivity contribution in [3.8, 4) is 0 Å². The van der Waals surface area contributed by atoms with Gasteiger partial charge in [-0.15, -0.1) is 0 Å². The molecule has 1 saturated heterocycles. The number of aromatic nitrogens is 2. The number of nitrogens with zero attached hydrogens (tertiary/aromatic N) is 2. The minimum absolute atomic E-state index is 0.425. The first-order valence-electron chi connectivity index (χ1n) is 7.06. The third-order valence-corrected chi connectivity index (χ3v) is 3.76. The van der Waals surface area contributed by atoms with Crippen molar-refractivity contribution < 1.29 is 9.47 Å². The van der Waals surface area contributed by atoms with E-state index in [0.717, 1.165) is 51.4 Å². The Balaban J connectivity index is 1.92. The van der Waals surface area contributed by atoms with E-state index in [1.54, 1.807) is 7.11 Å². The molecule has 1 unspecified atom stereocenters. The number of ether oxygens (including phenoxy) is 2. The zero-order valence-corrected chi connectivity index (χ0v) is 12.2. The van der Waals surface area contributed by atoms with Crippen LogP contribution in [0.25, 0.3) is 0 Å². The van der Waals surface area contributed by atoms with Gasteiger partial charge in [-0.1, -0.05) is 0 Å². The smallest absolute Gasteiger partial charge is 0.0777 e. The number of hydrogen-bond acceptors (Lipinski definition) is 4. The molecular weight excluding hydrogens is 242 g/mol. The first kappa shape index (κ1) is 14.5. The molecule has 0 radical (unpaired) electrons. The Morgan fingerprint density at radius 1 is 1.42 bits per heavy atom. The number of methoxy groups -OCH3 is 1. The van der Waals surface area contributed by atoms with Crippen LogP contribution >= 0.6 is 0 Å². The van der Waals surface area contributed by atoms with Gasteiger partial charge in [-0.25, -0.2) is 0 Å². The van der Waals surface area contributed by atoms with E-state index >= 15 is 0 Å². The molecule has 1 N–H and O–H groups in total. The maximum absolute atomic E-state index is 5.45. The van der Waals surface area contributed by atoms with E-state index in [-0.39, 0.29) is 0 Å². The fourth-order valence-electron chi connectivity index (χ4n) is 2.64. The van der Waals surface area contributed by atoms with Crippen molar-refractivity contribution in [1.82, 2.24) is 15.1 Å². The van der Waals surface area contributed by atoms with E-state index in [1.807, 2.05) is 0 Å². The minimum Gasteiger partial charge on any atom is -0.383 e. The van der Waals surface area contributed by atoms with Gasteiger partial charge in [0.05, 0.1) is 24.9 Å². The van der Waals surface area contributed by atoms with Crippen molar-refractivity contribution in [2.75, 3.05) is 40.0 Å². The van der Waals surface area contributed by atoms with Crippen molar-refractivity contribution in [3.05, 3.63) is 17.0 Å². The second kappa shape index (κ2) is 7.03. The van der Waals surface area contributed by atoms with E-state index in [4.69, 9.17) is 14.6 Å². The van der Waals surface area contributed by atoms with Crippen LogP contribution < -0.4 is 5.32 Å². The third kappa shape index (κ3) is 3.55. The number of hydrogen-bond donors (Lipinski definition) is 1. The maximum Gasteiger partial charge on any atom is 0.0777 e. The van der Waals surface area contributed by atoms with E-state index < -0.39 is 0 Å². The number of nitrogens with one attached hydrogen (secondary N) is 1. The molecule has 0 spiro atoms. The molecule has 0 aliphatic carbocycles. The predicted molar refractivity (Wildman–Crippen MR) is 74.6 cm³/mol. The summed E-state index contributed by atoms with van der Waals surface area (Å²) in [5.41, 5.74) is 3.82. The lowest BCUT2D eigenvalue weighted by atomic mass is 10.1. The molecule has 0 bridgehead atoms. The van der Waals surface area contributed by atoms with Crippen molar-refractivity contribution >= 4 is 0 Å². The summed E-state index contributed by atoms with van der Waals surface area (Å²) in [6.07, 6.45) is 2.10. The quantitative estimate of drug-likeness (QED) is 0.755. The van der Waals surface area contributed by atoms with Crippen LogP contribution in [-0.2, 0) is 15.9 Å². The van der Waals surface area contributed by atoms with Crippen LogP contribution in [0.2, 0.25) is 0 Å². The second-order valence-electron chi connectivity index (χ2n) is 5.10. The van der Waals surface area contributed by atoms with Gasteiger partial charge in [0.15, 0.2) is 0 Å². The van der Waals surface area contributed by atoms with Crippen LogP contribution in [0.4, 0.5) is 0 Å². The summed E-state index contributed by atoms with van der Waals surface area (Å²) in [5, 5.41) is 8.07. The average molecular weight is 267 g/mol. The lowest BCUT2D eigenvalue weighted by Crippen LogP contribution is -2.22. The van der Waals surface area contributed by atoms with E-state index in [1.165, 1.54) is 11.3 Å². The maximum atomic E-state index is 5.45. The largest absolute Gasteiger partial charge is 0.383 e. The summed E-state index contributed by atoms with van der Waals surface area (Å²) in [4.78, 5) is 0. The molecule has 108 valence electrons. The molecule has 5 heteroatoms. The molecule has 1 atom stereocenters. The molecule has 1 aromatic rings. The Morgan fingerprint density at radius 3 is 2.95 bits per heavy atom. The Morgan fingerprint density at radius 2 is 2.26 bits per heavy atom. The molecule has 2 rings (SSSR count). The van der Waals surface area contributed by atoms with Gasteiger partial charge < -0.3 is 14.8 Å². The number of rotatable bonds is 7. The van der Waals surface area contributed by atoms with Crippen LogP contribution in [0.1, 0.15) is 29.4 Å². The second-order valence-corrected chi connectivity index (χ2v) is 5.10. The Labute approximate surface area is 115 Å². The molecule has 0 saturated carbocycles. The van der Waals surface area contributed by atoms with Crippen molar-refractivity contribution in [1.29, 1.82) is 0 Å². The Kier molecular flexibility index (Phi) is 5.36. The van der Waals surface area contributed by atoms with Gasteiger partial charge in [0.25, 0.3) is 0 Å². The molecule has 1 aliphatic rings. The highest BCUT2D eigenvalue weighted by atomic mass is 16.5. The lowest BCUT2D eigenvalue weighted by Gasteiger charge is -2.11. The predicted octanol–water partition coefficient (Wildman–Crippen LogP) is 1.24. The Bertz CT molecular complexity index is 398. The van der Waals surface area contributed by atoms with Crippen LogP contribution in [0.15, 0.2) is 0 Å². The molecule has 19 heavy (non-hydrogen) atoms. The summed E-state index contributed by atoms with van der Waals surface area (Å²) in [7, 11) is 1.73. The van der Waals surface area contributed by atoms with Crippen LogP contribution in [0, 0.1) is 13.8 Å². The summed E-state index contributed by atoms with van der Waals surface area (Å²) in [5.74, 6) is 0. The highest BCUT2D eigenvalue weighted by Gasteiger charge is 2.22. The van der Waals surface area contributed by atoms with Gasteiger partial charge in [-0.2, -0.15) is 5.10 Å². The lowest BCUT2D eigenvalue weighted by molar-refractivity contribution is 0.184. The molecule has 2 heterocycles. The summed E-state index contributed by atoms with van der Waals surface area (Å²) in [6.45, 7) is 8.56. The summed E-state index contributed by atoms with van der Waals surface area (Å²) < 4.78 is 12.6. The fraction of sp³-hybridized carbons (Fsp3) is 0.786. The standard InChI is InChI=1S/C14H25N3O2/c1-11-14(4-6-15-7-9-18-3)12(2)17(16-11)13-5-8-19-10-13/h13,15H,4-10H2,1-3H3. The summed E-state index contributed by atoms with van der Waals surface area (Å²) >= 11 is 0. The third-order valence-electron chi connectivity index (χ3n) is 3.76. The van der Waals surface area contributed by atoms with E-state index in [0.29, 0.717) is 6.04 Å². The van der Waals surface area contributed by atoms with Gasteiger partial charge in [0.1, 0.15) is 0 Å². The molecule has 1 aromatic heterocycles. The first-order chi connectivity index (χ1) is 9.24. The van der Waals surface area contributed by atoms with Gasteiger partial charge >= 0.3 is 0 Å². The van der Waals surface area contributed by atoms with Crippen molar-refractivity contribution in [2.45, 2.75) is 32.7 Å². The van der Waals surface area contributed by atoms with Crippen LogP contribution in [-0.4, -0.2) is 49.8 Å². The van der Waals surface area contributed by atoms with Crippen LogP contribution in [0.3, 0.4) is 0 Å². The van der Waals surface area contributed by atoms with Crippen molar-refractivity contribution in [3.63, 3.8) is 0 Å². The van der Waals surface area contributed by atoms with Gasteiger partial charge in [0, 0.05) is 26.0 Å². The Hall–Kier alpha value is -0.910. The zero-order chi connectivity index (χ0) is 13.7. The highest BCUT2D eigenvalue weighted by molar-refractivity contribution is 5.25. The zero-order valence-electron chi connectivity index (χ0n) is 12.2. The number of aryl methyl sites for hydroxylation is 1. The van der Waals surface area contributed by atoms with E-state index in [9.17, 15) is 0 Å². The first-order valence-corrected chi connectivity index (χ1v) is 7.06. The molecular formula is C14H25N3O2.